The van der Waals surface area contributed by atoms with Crippen molar-refractivity contribution >= 4 is 5.97 Å². The number of hydrogen-bond donors (Lipinski definition) is 1. The predicted octanol–water partition coefficient (Wildman–Crippen LogP) is 4.68. The minimum absolute atomic E-state index is 0.0200. The van der Waals surface area contributed by atoms with E-state index in [1.54, 1.807) is 0 Å². The maximum atomic E-state index is 13.1. The van der Waals surface area contributed by atoms with E-state index in [1.807, 2.05) is 0 Å². The summed E-state index contributed by atoms with van der Waals surface area (Å²) >= 11 is 0. The van der Waals surface area contributed by atoms with Gasteiger partial charge in [0.2, 0.25) is 0 Å². The molecule has 0 aromatic rings. The highest BCUT2D eigenvalue weighted by Crippen LogP contribution is 2.49. The minimum atomic E-state index is -0.113. The fourth-order valence-corrected chi connectivity index (χ4v) is 5.74. The molecule has 4 aliphatic carbocycles. The average molecular weight is 338 g/mol. The molecule has 4 rings (SSSR count). The van der Waals surface area contributed by atoms with E-state index in [4.69, 9.17) is 9.99 Å². The molecule has 4 nitrogen and oxygen atoms in total. The molecule has 6 unspecified atom stereocenters. The molecule has 0 saturated heterocycles. The smallest absolute Gasteiger partial charge is 0.309 e. The van der Waals surface area contributed by atoms with Gasteiger partial charge in [0.25, 0.3) is 0 Å². The normalized spacial score (nSPS) is 40.8. The number of rotatable bonds is 4. The lowest BCUT2D eigenvalue weighted by molar-refractivity contribution is -0.258. The molecular weight excluding hydrogens is 304 g/mol. The maximum Gasteiger partial charge on any atom is 0.309 e. The fraction of sp³-hybridized carbons (Fsp3) is 0.950. The van der Waals surface area contributed by atoms with Crippen molar-refractivity contribution < 1.29 is 19.7 Å². The SMILES string of the molecule is CC1CC(COO)C(C(=O)OC2CCCCC2)C2CCC1CC2C. The van der Waals surface area contributed by atoms with Gasteiger partial charge in [0.05, 0.1) is 12.5 Å². The molecule has 0 heterocycles. The van der Waals surface area contributed by atoms with E-state index in [0.717, 1.165) is 31.6 Å². The molecule has 4 fully saturated rings. The van der Waals surface area contributed by atoms with Gasteiger partial charge in [0.15, 0.2) is 0 Å². The molecule has 0 aliphatic heterocycles. The van der Waals surface area contributed by atoms with Crippen LogP contribution in [0.3, 0.4) is 0 Å². The number of ether oxygens (including phenoxy) is 1. The second kappa shape index (κ2) is 8.18. The van der Waals surface area contributed by atoms with Crippen molar-refractivity contribution in [2.24, 2.45) is 35.5 Å². The maximum absolute atomic E-state index is 13.1. The Bertz CT molecular complexity index is 418. The van der Waals surface area contributed by atoms with E-state index in [9.17, 15) is 4.79 Å². The third-order valence-electron chi connectivity index (χ3n) is 7.12. The molecule has 0 spiro atoms. The molecule has 6 atom stereocenters. The van der Waals surface area contributed by atoms with E-state index >= 15 is 0 Å². The Morgan fingerprint density at radius 2 is 1.75 bits per heavy atom. The summed E-state index contributed by atoms with van der Waals surface area (Å²) in [7, 11) is 0. The molecule has 4 aliphatic rings. The lowest BCUT2D eigenvalue weighted by Gasteiger charge is -2.46. The van der Waals surface area contributed by atoms with Gasteiger partial charge in [-0.05, 0) is 81.0 Å². The summed E-state index contributed by atoms with van der Waals surface area (Å²) in [6.45, 7) is 4.86. The molecule has 0 aromatic carbocycles. The van der Waals surface area contributed by atoms with Crippen molar-refractivity contribution in [2.45, 2.75) is 77.7 Å². The zero-order chi connectivity index (χ0) is 17.1. The lowest BCUT2D eigenvalue weighted by atomic mass is 9.59. The van der Waals surface area contributed by atoms with Gasteiger partial charge >= 0.3 is 5.97 Å². The van der Waals surface area contributed by atoms with Crippen LogP contribution in [-0.4, -0.2) is 23.9 Å². The van der Waals surface area contributed by atoms with Crippen LogP contribution in [0.1, 0.15) is 71.6 Å². The Morgan fingerprint density at radius 3 is 2.42 bits per heavy atom. The van der Waals surface area contributed by atoms with Crippen LogP contribution in [0, 0.1) is 35.5 Å². The third kappa shape index (κ3) is 3.96. The molecule has 24 heavy (non-hydrogen) atoms. The average Bonchev–Trinajstić information content (AvgIpc) is 2.56. The summed E-state index contributed by atoms with van der Waals surface area (Å²) < 4.78 is 5.96. The van der Waals surface area contributed by atoms with Crippen LogP contribution in [0.15, 0.2) is 0 Å². The highest BCUT2D eigenvalue weighted by molar-refractivity contribution is 5.73. The number of fused-ring (bicyclic) bond motifs is 5. The number of hydrogen-bond acceptors (Lipinski definition) is 4. The lowest BCUT2D eigenvalue weighted by Crippen LogP contribution is -2.45. The quantitative estimate of drug-likeness (QED) is 0.459. The number of carbonyl (C=O) groups is 1. The van der Waals surface area contributed by atoms with Crippen molar-refractivity contribution in [1.29, 1.82) is 0 Å². The van der Waals surface area contributed by atoms with Gasteiger partial charge in [0.1, 0.15) is 6.10 Å². The van der Waals surface area contributed by atoms with Crippen LogP contribution < -0.4 is 0 Å². The van der Waals surface area contributed by atoms with E-state index in [1.165, 1.54) is 32.1 Å². The van der Waals surface area contributed by atoms with Crippen LogP contribution in [0.2, 0.25) is 0 Å². The van der Waals surface area contributed by atoms with Gasteiger partial charge in [-0.2, -0.15) is 0 Å². The topological polar surface area (TPSA) is 55.8 Å². The Hall–Kier alpha value is -0.610. The van der Waals surface area contributed by atoms with Gasteiger partial charge < -0.3 is 4.74 Å². The Balaban J connectivity index is 1.77. The zero-order valence-corrected chi connectivity index (χ0v) is 15.3. The van der Waals surface area contributed by atoms with Crippen LogP contribution >= 0.6 is 0 Å². The van der Waals surface area contributed by atoms with Crippen molar-refractivity contribution in [1.82, 2.24) is 0 Å². The van der Waals surface area contributed by atoms with Crippen molar-refractivity contribution in [3.05, 3.63) is 0 Å². The molecule has 0 radical (unpaired) electrons. The summed E-state index contributed by atoms with van der Waals surface area (Å²) in [5.41, 5.74) is 0. The van der Waals surface area contributed by atoms with Crippen LogP contribution in [0.25, 0.3) is 0 Å². The number of carbonyl (C=O) groups excluding carboxylic acids is 1. The predicted molar refractivity (Wildman–Crippen MR) is 92.3 cm³/mol. The molecule has 138 valence electrons. The first kappa shape index (κ1) is 18.2. The van der Waals surface area contributed by atoms with Gasteiger partial charge in [-0.3, -0.25) is 10.1 Å². The Kier molecular flexibility index (Phi) is 6.20. The second-order valence-corrected chi connectivity index (χ2v) is 8.71. The van der Waals surface area contributed by atoms with Crippen molar-refractivity contribution in [3.8, 4) is 0 Å². The van der Waals surface area contributed by atoms with Gasteiger partial charge in [-0.15, -0.1) is 0 Å². The zero-order valence-electron chi connectivity index (χ0n) is 15.3. The van der Waals surface area contributed by atoms with E-state index in [-0.39, 0.29) is 30.5 Å². The summed E-state index contributed by atoms with van der Waals surface area (Å²) in [5.74, 6) is 2.22. The minimum Gasteiger partial charge on any atom is -0.462 e. The third-order valence-corrected chi connectivity index (χ3v) is 7.12. The first-order valence-corrected chi connectivity index (χ1v) is 10.1. The molecular formula is C20H34O4. The van der Waals surface area contributed by atoms with Gasteiger partial charge in [-0.25, -0.2) is 4.89 Å². The monoisotopic (exact) mass is 338 g/mol. The summed E-state index contributed by atoms with van der Waals surface area (Å²) in [6, 6.07) is 0. The van der Waals surface area contributed by atoms with Crippen LogP contribution in [-0.2, 0) is 14.4 Å². The van der Waals surface area contributed by atoms with Gasteiger partial charge in [-0.1, -0.05) is 20.3 Å². The van der Waals surface area contributed by atoms with Crippen molar-refractivity contribution in [3.63, 3.8) is 0 Å². The molecule has 0 aromatic heterocycles. The summed E-state index contributed by atoms with van der Waals surface area (Å²) in [6.07, 6.45) is 10.3. The fourth-order valence-electron chi connectivity index (χ4n) is 5.74. The van der Waals surface area contributed by atoms with Crippen LogP contribution in [0.5, 0.6) is 0 Å². The second-order valence-electron chi connectivity index (χ2n) is 8.71. The highest BCUT2D eigenvalue weighted by atomic mass is 17.1. The Labute approximate surface area is 146 Å². The van der Waals surface area contributed by atoms with E-state index in [0.29, 0.717) is 17.8 Å². The van der Waals surface area contributed by atoms with E-state index < -0.39 is 0 Å². The highest BCUT2D eigenvalue weighted by Gasteiger charge is 2.46. The molecule has 1 N–H and O–H groups in total. The van der Waals surface area contributed by atoms with Crippen LogP contribution in [0.4, 0.5) is 0 Å². The van der Waals surface area contributed by atoms with Crippen molar-refractivity contribution in [2.75, 3.05) is 6.61 Å². The summed E-state index contributed by atoms with van der Waals surface area (Å²) in [5, 5.41) is 9.07. The molecule has 4 heteroatoms. The first-order chi connectivity index (χ1) is 11.6. The largest absolute Gasteiger partial charge is 0.462 e. The molecule has 0 amide bonds. The standard InChI is InChI=1S/C20H34O4/c1-13-10-16(12-23-22)19(18-9-8-15(13)11-14(18)2)20(21)24-17-6-4-3-5-7-17/h13-19,22H,3-12H2,1-2H3. The molecule has 4 saturated carbocycles. The van der Waals surface area contributed by atoms with Gasteiger partial charge in [0, 0.05) is 0 Å². The summed E-state index contributed by atoms with van der Waals surface area (Å²) in [4.78, 5) is 17.6. The van der Waals surface area contributed by atoms with E-state index in [2.05, 4.69) is 18.7 Å². The number of esters is 1. The first-order valence-electron chi connectivity index (χ1n) is 10.1. The Morgan fingerprint density at radius 1 is 1.00 bits per heavy atom. The molecule has 2 bridgehead atoms.